The highest BCUT2D eigenvalue weighted by molar-refractivity contribution is 6.02. The zero-order chi connectivity index (χ0) is 27.0. The van der Waals surface area contributed by atoms with Crippen molar-refractivity contribution in [1.82, 2.24) is 20.1 Å². The van der Waals surface area contributed by atoms with E-state index >= 15 is 0 Å². The number of hydrogen-bond acceptors (Lipinski definition) is 2. The van der Waals surface area contributed by atoms with Crippen molar-refractivity contribution in [2.45, 2.75) is 32.1 Å². The van der Waals surface area contributed by atoms with Gasteiger partial charge in [0.15, 0.2) is 0 Å². The highest BCUT2D eigenvalue weighted by Crippen LogP contribution is 2.37. The maximum Gasteiger partial charge on any atom is 0.417 e. The van der Waals surface area contributed by atoms with E-state index in [1.165, 1.54) is 25.0 Å². The van der Waals surface area contributed by atoms with Gasteiger partial charge in [0.1, 0.15) is 0 Å². The highest BCUT2D eigenvalue weighted by Gasteiger charge is 2.33. The molecule has 0 spiro atoms. The molecule has 0 saturated heterocycles. The van der Waals surface area contributed by atoms with Gasteiger partial charge in [-0.25, -0.2) is 4.79 Å². The van der Waals surface area contributed by atoms with E-state index in [-0.39, 0.29) is 18.1 Å². The lowest BCUT2D eigenvalue weighted by Gasteiger charge is -2.13. The number of anilines is 1. The predicted octanol–water partition coefficient (Wildman–Crippen LogP) is 7.45. The predicted molar refractivity (Wildman–Crippen MR) is 145 cm³/mol. The fourth-order valence-electron chi connectivity index (χ4n) is 4.70. The Morgan fingerprint density at radius 2 is 1.77 bits per heavy atom. The third kappa shape index (κ3) is 5.52. The Kier molecular flexibility index (Phi) is 6.34. The summed E-state index contributed by atoms with van der Waals surface area (Å²) in [6.45, 7) is 1.17. The molecule has 1 fully saturated rings. The van der Waals surface area contributed by atoms with Gasteiger partial charge in [0, 0.05) is 41.9 Å². The number of fused-ring (bicyclic) bond motifs is 1. The van der Waals surface area contributed by atoms with Crippen LogP contribution in [0.4, 0.5) is 23.7 Å². The molecule has 1 aliphatic carbocycles. The second-order valence-corrected chi connectivity index (χ2v) is 9.88. The second-order valence-electron chi connectivity index (χ2n) is 9.88. The molecular formula is C30H26F3N5O. The van der Waals surface area contributed by atoms with Crippen LogP contribution in [-0.4, -0.2) is 20.8 Å². The number of aromatic amines is 1. The Hall–Kier alpha value is -4.53. The van der Waals surface area contributed by atoms with Gasteiger partial charge in [0.25, 0.3) is 0 Å². The Balaban J connectivity index is 1.11. The van der Waals surface area contributed by atoms with Gasteiger partial charge in [-0.2, -0.15) is 18.3 Å². The number of carbonyl (C=O) groups excluding carboxylic acids is 1. The number of nitrogens with zero attached hydrogens (tertiary/aromatic N) is 2. The smallest absolute Gasteiger partial charge is 0.359 e. The summed E-state index contributed by atoms with van der Waals surface area (Å²) in [5.41, 5.74) is 4.05. The van der Waals surface area contributed by atoms with Crippen LogP contribution in [0, 0.1) is 5.92 Å². The second kappa shape index (κ2) is 9.98. The van der Waals surface area contributed by atoms with Crippen LogP contribution in [0.5, 0.6) is 0 Å². The zero-order valence-corrected chi connectivity index (χ0v) is 20.9. The molecule has 39 heavy (non-hydrogen) atoms. The number of halogens is 3. The Labute approximate surface area is 222 Å². The van der Waals surface area contributed by atoms with Gasteiger partial charge in [-0.15, -0.1) is 0 Å². The molecular weight excluding hydrogens is 503 g/mol. The van der Waals surface area contributed by atoms with Crippen LogP contribution in [0.25, 0.3) is 33.3 Å². The zero-order valence-electron chi connectivity index (χ0n) is 20.9. The molecule has 0 bridgehead atoms. The van der Waals surface area contributed by atoms with E-state index in [2.05, 4.69) is 15.6 Å². The molecule has 198 valence electrons. The lowest BCUT2D eigenvalue weighted by Crippen LogP contribution is -2.28. The molecule has 0 radical (unpaired) electrons. The minimum Gasteiger partial charge on any atom is -0.359 e. The third-order valence-corrected chi connectivity index (χ3v) is 6.96. The van der Waals surface area contributed by atoms with Gasteiger partial charge in [-0.1, -0.05) is 48.5 Å². The van der Waals surface area contributed by atoms with E-state index in [1.807, 2.05) is 35.1 Å². The molecule has 3 N–H and O–H groups in total. The molecule has 2 amide bonds. The van der Waals surface area contributed by atoms with Crippen molar-refractivity contribution in [3.8, 4) is 22.4 Å². The quantitative estimate of drug-likeness (QED) is 0.205. The molecule has 3 aromatic carbocycles. The SMILES string of the molecule is O=C(NCc1ccc(-c2ccccc2C(F)(F)F)cc1)Nc1c[nH]c2ccc(-c3ccn(CC4CC4)n3)cc12. The van der Waals surface area contributed by atoms with Crippen molar-refractivity contribution >= 4 is 22.6 Å². The fraction of sp³-hybridized carbons (Fsp3) is 0.200. The van der Waals surface area contributed by atoms with Gasteiger partial charge in [-0.3, -0.25) is 4.68 Å². The van der Waals surface area contributed by atoms with Crippen LogP contribution in [0.3, 0.4) is 0 Å². The van der Waals surface area contributed by atoms with Gasteiger partial charge >= 0.3 is 12.2 Å². The summed E-state index contributed by atoms with van der Waals surface area (Å²) in [6, 6.07) is 19.8. The van der Waals surface area contributed by atoms with E-state index in [9.17, 15) is 18.0 Å². The van der Waals surface area contributed by atoms with E-state index in [1.54, 1.807) is 36.5 Å². The molecule has 5 aromatic rings. The molecule has 9 heteroatoms. The van der Waals surface area contributed by atoms with Gasteiger partial charge in [0.2, 0.25) is 0 Å². The average molecular weight is 530 g/mol. The molecule has 1 saturated carbocycles. The highest BCUT2D eigenvalue weighted by atomic mass is 19.4. The largest absolute Gasteiger partial charge is 0.417 e. The summed E-state index contributed by atoms with van der Waals surface area (Å²) in [7, 11) is 0. The normalized spacial score (nSPS) is 13.5. The first-order valence-electron chi connectivity index (χ1n) is 12.8. The summed E-state index contributed by atoms with van der Waals surface area (Å²) < 4.78 is 42.1. The molecule has 1 aliphatic rings. The lowest BCUT2D eigenvalue weighted by molar-refractivity contribution is -0.137. The number of nitrogens with one attached hydrogen (secondary N) is 3. The van der Waals surface area contributed by atoms with Crippen molar-refractivity contribution in [1.29, 1.82) is 0 Å². The molecule has 6 nitrogen and oxygen atoms in total. The minimum atomic E-state index is -4.43. The molecule has 0 atom stereocenters. The number of alkyl halides is 3. The summed E-state index contributed by atoms with van der Waals surface area (Å²) in [4.78, 5) is 15.8. The minimum absolute atomic E-state index is 0.121. The summed E-state index contributed by atoms with van der Waals surface area (Å²) in [5, 5.41) is 11.3. The van der Waals surface area contributed by atoms with Crippen LogP contribution in [0.2, 0.25) is 0 Å². The summed E-state index contributed by atoms with van der Waals surface area (Å²) in [6.07, 6.45) is 1.85. The number of H-pyrrole nitrogens is 1. The van der Waals surface area contributed by atoms with Crippen molar-refractivity contribution in [2.24, 2.45) is 5.92 Å². The fourth-order valence-corrected chi connectivity index (χ4v) is 4.70. The number of rotatable bonds is 7. The van der Waals surface area contributed by atoms with Crippen molar-refractivity contribution in [3.05, 3.63) is 96.3 Å². The van der Waals surface area contributed by atoms with Crippen LogP contribution < -0.4 is 10.6 Å². The first-order valence-corrected chi connectivity index (χ1v) is 12.8. The number of carbonyl (C=O) groups is 1. The number of urea groups is 1. The van der Waals surface area contributed by atoms with Crippen molar-refractivity contribution in [3.63, 3.8) is 0 Å². The van der Waals surface area contributed by atoms with Crippen molar-refractivity contribution < 1.29 is 18.0 Å². The maximum atomic E-state index is 13.4. The average Bonchev–Trinajstić information content (AvgIpc) is 3.48. The van der Waals surface area contributed by atoms with Crippen LogP contribution >= 0.6 is 0 Å². The standard InChI is InChI=1S/C30H26F3N5O/c31-30(32,33)25-4-2-1-3-23(25)21-9-7-19(8-10-21)16-35-29(39)36-28-17-34-27-12-11-22(15-24(27)28)26-13-14-38(37-26)18-20-5-6-20/h1-4,7-15,17,20,34H,5-6,16,18H2,(H2,35,36,39). The first-order chi connectivity index (χ1) is 18.8. The molecule has 2 heterocycles. The molecule has 6 rings (SSSR count). The topological polar surface area (TPSA) is 74.7 Å². The number of aromatic nitrogens is 3. The summed E-state index contributed by atoms with van der Waals surface area (Å²) in [5.74, 6) is 0.739. The summed E-state index contributed by atoms with van der Waals surface area (Å²) >= 11 is 0. The monoisotopic (exact) mass is 529 g/mol. The Morgan fingerprint density at radius 1 is 1.00 bits per heavy atom. The number of amides is 2. The molecule has 2 aromatic heterocycles. The van der Waals surface area contributed by atoms with Gasteiger partial charge in [0.05, 0.1) is 16.9 Å². The number of benzene rings is 3. The van der Waals surface area contributed by atoms with E-state index in [4.69, 9.17) is 5.10 Å². The first kappa shape index (κ1) is 24.8. The van der Waals surface area contributed by atoms with Crippen molar-refractivity contribution in [2.75, 3.05) is 5.32 Å². The van der Waals surface area contributed by atoms with Crippen LogP contribution in [0.15, 0.2) is 85.2 Å². The Bertz CT molecular complexity index is 1630. The van der Waals surface area contributed by atoms with Crippen LogP contribution in [0.1, 0.15) is 24.0 Å². The van der Waals surface area contributed by atoms with Crippen LogP contribution in [-0.2, 0) is 19.3 Å². The third-order valence-electron chi connectivity index (χ3n) is 6.96. The van der Waals surface area contributed by atoms with Gasteiger partial charge in [-0.05, 0) is 59.7 Å². The lowest BCUT2D eigenvalue weighted by atomic mass is 9.98. The van der Waals surface area contributed by atoms with E-state index < -0.39 is 11.7 Å². The molecule has 0 aliphatic heterocycles. The number of hydrogen-bond donors (Lipinski definition) is 3. The van der Waals surface area contributed by atoms with E-state index in [0.29, 0.717) is 11.3 Å². The van der Waals surface area contributed by atoms with E-state index in [0.717, 1.165) is 46.3 Å². The van der Waals surface area contributed by atoms with Gasteiger partial charge < -0.3 is 15.6 Å². The maximum absolute atomic E-state index is 13.4. The molecule has 0 unspecified atom stereocenters. The Morgan fingerprint density at radius 3 is 2.54 bits per heavy atom.